The molecule has 0 atom stereocenters. The van der Waals surface area contributed by atoms with E-state index in [1.54, 1.807) is 6.07 Å². The van der Waals surface area contributed by atoms with Gasteiger partial charge in [0, 0.05) is 12.4 Å². The van der Waals surface area contributed by atoms with Gasteiger partial charge in [-0.25, -0.2) is 4.39 Å². The summed E-state index contributed by atoms with van der Waals surface area (Å²) in [6.45, 7) is 0. The highest BCUT2D eigenvalue weighted by atomic mass is 79.9. The zero-order valence-corrected chi connectivity index (χ0v) is 8.69. The highest BCUT2D eigenvalue weighted by Crippen LogP contribution is 2.12. The first kappa shape index (κ1) is 10.2. The van der Waals surface area contributed by atoms with E-state index in [0.717, 1.165) is 5.56 Å². The van der Waals surface area contributed by atoms with Gasteiger partial charge in [0.2, 0.25) is 0 Å². The Balaban J connectivity index is 3.05. The van der Waals surface area contributed by atoms with Gasteiger partial charge in [0.15, 0.2) is 0 Å². The molecule has 1 rings (SSSR count). The molecule has 0 aromatic heterocycles. The third kappa shape index (κ3) is 2.28. The summed E-state index contributed by atoms with van der Waals surface area (Å²) < 4.78 is 13.2. The van der Waals surface area contributed by atoms with Crippen LogP contribution in [0.5, 0.6) is 0 Å². The Bertz CT molecular complexity index is 327. The molecule has 13 heavy (non-hydrogen) atoms. The normalized spacial score (nSPS) is 9.77. The van der Waals surface area contributed by atoms with Gasteiger partial charge in [0.1, 0.15) is 5.82 Å². The standard InChI is InChI=1S/C9H9BrFNO/c1-12-9(13)7-3-2-6(5-10)4-8(7)11/h2-4H,5H2,1H3,(H,12,13). The average Bonchev–Trinajstić information content (AvgIpc) is 2.16. The van der Waals surface area contributed by atoms with Crippen LogP contribution in [0.2, 0.25) is 0 Å². The summed E-state index contributed by atoms with van der Waals surface area (Å²) in [5, 5.41) is 2.95. The number of alkyl halides is 1. The maximum atomic E-state index is 13.2. The van der Waals surface area contributed by atoms with Crippen molar-refractivity contribution in [2.45, 2.75) is 5.33 Å². The van der Waals surface area contributed by atoms with Crippen LogP contribution in [0.15, 0.2) is 18.2 Å². The topological polar surface area (TPSA) is 29.1 Å². The summed E-state index contributed by atoms with van der Waals surface area (Å²) in [4.78, 5) is 11.1. The molecule has 0 bridgehead atoms. The molecule has 1 aromatic carbocycles. The van der Waals surface area contributed by atoms with E-state index in [1.165, 1.54) is 19.2 Å². The largest absolute Gasteiger partial charge is 0.355 e. The van der Waals surface area contributed by atoms with Crippen LogP contribution < -0.4 is 5.32 Å². The van der Waals surface area contributed by atoms with Crippen LogP contribution in [0.25, 0.3) is 0 Å². The van der Waals surface area contributed by atoms with Crippen molar-refractivity contribution < 1.29 is 9.18 Å². The van der Waals surface area contributed by atoms with Gasteiger partial charge in [0.25, 0.3) is 5.91 Å². The number of carbonyl (C=O) groups excluding carboxylic acids is 1. The summed E-state index contributed by atoms with van der Waals surface area (Å²) >= 11 is 3.20. The summed E-state index contributed by atoms with van der Waals surface area (Å²) in [5.41, 5.74) is 0.886. The highest BCUT2D eigenvalue weighted by molar-refractivity contribution is 9.08. The summed E-state index contributed by atoms with van der Waals surface area (Å²) in [6, 6.07) is 4.53. The molecule has 0 aliphatic carbocycles. The van der Waals surface area contributed by atoms with Crippen LogP contribution in [0.1, 0.15) is 15.9 Å². The Hall–Kier alpha value is -0.900. The van der Waals surface area contributed by atoms with Crippen LogP contribution in [0.4, 0.5) is 4.39 Å². The van der Waals surface area contributed by atoms with E-state index in [0.29, 0.717) is 5.33 Å². The molecule has 0 spiro atoms. The molecular formula is C9H9BrFNO. The smallest absolute Gasteiger partial charge is 0.253 e. The van der Waals surface area contributed by atoms with Crippen molar-refractivity contribution in [3.63, 3.8) is 0 Å². The monoisotopic (exact) mass is 245 g/mol. The number of rotatable bonds is 2. The molecule has 2 nitrogen and oxygen atoms in total. The fraction of sp³-hybridized carbons (Fsp3) is 0.222. The van der Waals surface area contributed by atoms with Crippen molar-refractivity contribution >= 4 is 21.8 Å². The van der Waals surface area contributed by atoms with Crippen molar-refractivity contribution in [2.24, 2.45) is 0 Å². The fourth-order valence-corrected chi connectivity index (χ4v) is 1.31. The molecule has 1 aromatic rings. The number of halogens is 2. The molecular weight excluding hydrogens is 237 g/mol. The quantitative estimate of drug-likeness (QED) is 0.795. The van der Waals surface area contributed by atoms with Gasteiger partial charge < -0.3 is 5.32 Å². The van der Waals surface area contributed by atoms with Crippen molar-refractivity contribution in [1.82, 2.24) is 5.32 Å². The second-order valence-corrected chi connectivity index (χ2v) is 3.09. The molecule has 0 heterocycles. The lowest BCUT2D eigenvalue weighted by molar-refractivity contribution is 0.0959. The maximum absolute atomic E-state index is 13.2. The van der Waals surface area contributed by atoms with Gasteiger partial charge in [-0.15, -0.1) is 0 Å². The fourth-order valence-electron chi connectivity index (χ4n) is 0.961. The Morgan fingerprint density at radius 1 is 1.62 bits per heavy atom. The maximum Gasteiger partial charge on any atom is 0.253 e. The van der Waals surface area contributed by atoms with Gasteiger partial charge in [0.05, 0.1) is 5.56 Å². The first-order chi connectivity index (χ1) is 6.19. The van der Waals surface area contributed by atoms with E-state index in [-0.39, 0.29) is 5.56 Å². The van der Waals surface area contributed by atoms with E-state index in [1.807, 2.05) is 0 Å². The summed E-state index contributed by atoms with van der Waals surface area (Å²) in [5.74, 6) is -0.894. The Kier molecular flexibility index (Phi) is 3.42. The number of amides is 1. The predicted molar refractivity (Wildman–Crippen MR) is 52.4 cm³/mol. The number of carbonyl (C=O) groups is 1. The van der Waals surface area contributed by atoms with Crippen molar-refractivity contribution in [3.8, 4) is 0 Å². The van der Waals surface area contributed by atoms with E-state index in [9.17, 15) is 9.18 Å². The van der Waals surface area contributed by atoms with Gasteiger partial charge in [-0.05, 0) is 17.7 Å². The first-order valence-electron chi connectivity index (χ1n) is 3.75. The molecule has 4 heteroatoms. The summed E-state index contributed by atoms with van der Waals surface area (Å²) in [7, 11) is 1.47. The highest BCUT2D eigenvalue weighted by Gasteiger charge is 2.09. The van der Waals surface area contributed by atoms with E-state index in [2.05, 4.69) is 21.2 Å². The number of hydrogen-bond donors (Lipinski definition) is 1. The van der Waals surface area contributed by atoms with Gasteiger partial charge in [-0.1, -0.05) is 22.0 Å². The minimum absolute atomic E-state index is 0.0761. The predicted octanol–water partition coefficient (Wildman–Crippen LogP) is 2.08. The molecule has 1 amide bonds. The van der Waals surface area contributed by atoms with Gasteiger partial charge in [-0.2, -0.15) is 0 Å². The molecule has 0 saturated carbocycles. The van der Waals surface area contributed by atoms with Crippen LogP contribution in [-0.2, 0) is 5.33 Å². The lowest BCUT2D eigenvalue weighted by atomic mass is 10.1. The van der Waals surface area contributed by atoms with Crippen LogP contribution in [-0.4, -0.2) is 13.0 Å². The second-order valence-electron chi connectivity index (χ2n) is 2.53. The summed E-state index contributed by atoms with van der Waals surface area (Å²) in [6.07, 6.45) is 0. The third-order valence-electron chi connectivity index (χ3n) is 1.66. The minimum atomic E-state index is -0.490. The zero-order chi connectivity index (χ0) is 9.84. The molecule has 0 aliphatic heterocycles. The number of nitrogens with one attached hydrogen (secondary N) is 1. The molecule has 0 saturated heterocycles. The average molecular weight is 246 g/mol. The van der Waals surface area contributed by atoms with Crippen molar-refractivity contribution in [1.29, 1.82) is 0 Å². The van der Waals surface area contributed by atoms with Crippen LogP contribution in [0.3, 0.4) is 0 Å². The van der Waals surface area contributed by atoms with Gasteiger partial charge >= 0.3 is 0 Å². The number of benzene rings is 1. The Labute approximate surface area is 84.3 Å². The zero-order valence-electron chi connectivity index (χ0n) is 7.10. The Morgan fingerprint density at radius 2 is 2.31 bits per heavy atom. The first-order valence-corrected chi connectivity index (χ1v) is 4.87. The van der Waals surface area contributed by atoms with Crippen LogP contribution >= 0.6 is 15.9 Å². The lowest BCUT2D eigenvalue weighted by Crippen LogP contribution is -2.19. The molecule has 1 N–H and O–H groups in total. The number of hydrogen-bond acceptors (Lipinski definition) is 1. The molecule has 0 radical (unpaired) electrons. The molecule has 0 fully saturated rings. The molecule has 0 unspecified atom stereocenters. The third-order valence-corrected chi connectivity index (χ3v) is 2.31. The van der Waals surface area contributed by atoms with E-state index < -0.39 is 11.7 Å². The minimum Gasteiger partial charge on any atom is -0.355 e. The molecule has 70 valence electrons. The van der Waals surface area contributed by atoms with E-state index >= 15 is 0 Å². The van der Waals surface area contributed by atoms with Crippen LogP contribution in [0, 0.1) is 5.82 Å². The second kappa shape index (κ2) is 4.37. The van der Waals surface area contributed by atoms with E-state index in [4.69, 9.17) is 0 Å². The Morgan fingerprint density at radius 3 is 2.77 bits per heavy atom. The van der Waals surface area contributed by atoms with Gasteiger partial charge in [-0.3, -0.25) is 4.79 Å². The molecule has 0 aliphatic rings. The van der Waals surface area contributed by atoms with Crippen molar-refractivity contribution in [3.05, 3.63) is 35.1 Å². The van der Waals surface area contributed by atoms with Crippen molar-refractivity contribution in [2.75, 3.05) is 7.05 Å². The lowest BCUT2D eigenvalue weighted by Gasteiger charge is -2.02. The SMILES string of the molecule is CNC(=O)c1ccc(CBr)cc1F.